The molecule has 0 unspecified atom stereocenters. The summed E-state index contributed by atoms with van der Waals surface area (Å²) in [5.74, 6) is -0.864. The van der Waals surface area contributed by atoms with Crippen LogP contribution >= 0.6 is 12.4 Å². The standard InChI is InChI=1S/C19H25FN6O2.ClH/c1-11-5-6-12(7-14(11)20)17(27)23-19(2,3)16-10-26(25-24-16)13-8-15(22-9-13)18(28)21-4;/h5-7,10,13,15,22H,8-9H2,1-4H3,(H,21,28)(H,23,27);1H/t13-,15-;/m0./s1. The van der Waals surface area contributed by atoms with Gasteiger partial charge in [0.15, 0.2) is 0 Å². The van der Waals surface area contributed by atoms with Gasteiger partial charge in [-0.05, 0) is 44.9 Å². The van der Waals surface area contributed by atoms with E-state index in [0.717, 1.165) is 0 Å². The molecule has 1 fully saturated rings. The summed E-state index contributed by atoms with van der Waals surface area (Å²) in [4.78, 5) is 24.3. The zero-order valence-electron chi connectivity index (χ0n) is 16.8. The fraction of sp³-hybridized carbons (Fsp3) is 0.474. The molecule has 10 heteroatoms. The number of hydrogen-bond donors (Lipinski definition) is 3. The van der Waals surface area contributed by atoms with E-state index in [2.05, 4.69) is 26.3 Å². The van der Waals surface area contributed by atoms with E-state index in [9.17, 15) is 14.0 Å². The van der Waals surface area contributed by atoms with E-state index in [1.807, 2.05) is 13.8 Å². The van der Waals surface area contributed by atoms with Crippen molar-refractivity contribution in [3.05, 3.63) is 47.0 Å². The van der Waals surface area contributed by atoms with Gasteiger partial charge in [0.1, 0.15) is 11.5 Å². The average molecular weight is 425 g/mol. The first-order valence-electron chi connectivity index (χ1n) is 9.17. The molecule has 1 aliphatic heterocycles. The van der Waals surface area contributed by atoms with Crippen LogP contribution in [0.2, 0.25) is 0 Å². The third kappa shape index (κ3) is 4.91. The molecule has 1 aromatic carbocycles. The Kier molecular flexibility index (Phi) is 6.97. The van der Waals surface area contributed by atoms with E-state index >= 15 is 0 Å². The second-order valence-corrected chi connectivity index (χ2v) is 7.59. The molecule has 0 saturated carbocycles. The number of benzene rings is 1. The summed E-state index contributed by atoms with van der Waals surface area (Å²) in [6.07, 6.45) is 2.38. The quantitative estimate of drug-likeness (QED) is 0.674. The second kappa shape index (κ2) is 8.87. The zero-order valence-corrected chi connectivity index (χ0v) is 17.6. The Hall–Kier alpha value is -2.52. The highest BCUT2D eigenvalue weighted by molar-refractivity contribution is 5.94. The Morgan fingerprint density at radius 2 is 2.07 bits per heavy atom. The Labute approximate surface area is 175 Å². The van der Waals surface area contributed by atoms with Gasteiger partial charge in [0.25, 0.3) is 5.91 Å². The topological polar surface area (TPSA) is 101 Å². The summed E-state index contributed by atoms with van der Waals surface area (Å²) in [7, 11) is 1.61. The van der Waals surface area contributed by atoms with Gasteiger partial charge in [-0.2, -0.15) is 0 Å². The number of aryl methyl sites for hydroxylation is 1. The van der Waals surface area contributed by atoms with E-state index in [4.69, 9.17) is 0 Å². The van der Waals surface area contributed by atoms with Crippen LogP contribution < -0.4 is 16.0 Å². The van der Waals surface area contributed by atoms with E-state index < -0.39 is 11.4 Å². The molecule has 29 heavy (non-hydrogen) atoms. The molecule has 1 aromatic heterocycles. The van der Waals surface area contributed by atoms with Crippen molar-refractivity contribution in [2.75, 3.05) is 13.6 Å². The molecule has 0 radical (unpaired) electrons. The van der Waals surface area contributed by atoms with Gasteiger partial charge in [-0.3, -0.25) is 9.59 Å². The number of likely N-dealkylation sites (N-methyl/N-ethyl adjacent to an activating group) is 1. The smallest absolute Gasteiger partial charge is 0.252 e. The van der Waals surface area contributed by atoms with Crippen LogP contribution in [0.5, 0.6) is 0 Å². The van der Waals surface area contributed by atoms with Crippen LogP contribution in [0.15, 0.2) is 24.4 Å². The summed E-state index contributed by atoms with van der Waals surface area (Å²) in [5, 5.41) is 17.0. The summed E-state index contributed by atoms with van der Waals surface area (Å²) >= 11 is 0. The van der Waals surface area contributed by atoms with Crippen molar-refractivity contribution in [2.45, 2.75) is 44.8 Å². The maximum atomic E-state index is 13.7. The summed E-state index contributed by atoms with van der Waals surface area (Å²) in [6.45, 7) is 5.87. The zero-order chi connectivity index (χ0) is 20.5. The molecule has 2 atom stereocenters. The third-order valence-corrected chi connectivity index (χ3v) is 5.06. The van der Waals surface area contributed by atoms with Gasteiger partial charge in [0.2, 0.25) is 5.91 Å². The van der Waals surface area contributed by atoms with Gasteiger partial charge in [0.05, 0.1) is 23.8 Å². The van der Waals surface area contributed by atoms with Gasteiger partial charge in [-0.15, -0.1) is 17.5 Å². The van der Waals surface area contributed by atoms with Crippen molar-refractivity contribution in [3.63, 3.8) is 0 Å². The molecule has 1 aliphatic rings. The lowest BCUT2D eigenvalue weighted by Crippen LogP contribution is -2.41. The molecule has 158 valence electrons. The molecule has 2 heterocycles. The highest BCUT2D eigenvalue weighted by Crippen LogP contribution is 2.23. The fourth-order valence-corrected chi connectivity index (χ4v) is 3.19. The Morgan fingerprint density at radius 1 is 1.34 bits per heavy atom. The molecule has 0 spiro atoms. The first-order chi connectivity index (χ1) is 13.2. The molecular formula is C19H26ClFN6O2. The monoisotopic (exact) mass is 424 g/mol. The van der Waals surface area contributed by atoms with Crippen LogP contribution in [-0.4, -0.2) is 46.4 Å². The highest BCUT2D eigenvalue weighted by Gasteiger charge is 2.32. The molecule has 0 bridgehead atoms. The number of nitrogens with one attached hydrogen (secondary N) is 3. The molecule has 2 aromatic rings. The lowest BCUT2D eigenvalue weighted by Gasteiger charge is -2.24. The molecule has 8 nitrogen and oxygen atoms in total. The summed E-state index contributed by atoms with van der Waals surface area (Å²) in [5.41, 5.74) is 0.510. The number of carbonyl (C=O) groups excluding carboxylic acids is 2. The van der Waals surface area contributed by atoms with E-state index in [1.54, 1.807) is 37.0 Å². The van der Waals surface area contributed by atoms with Gasteiger partial charge >= 0.3 is 0 Å². The number of nitrogens with zero attached hydrogens (tertiary/aromatic N) is 3. The summed E-state index contributed by atoms with van der Waals surface area (Å²) in [6, 6.07) is 4.13. The molecule has 0 aliphatic carbocycles. The highest BCUT2D eigenvalue weighted by atomic mass is 35.5. The molecule has 1 saturated heterocycles. The lowest BCUT2D eigenvalue weighted by atomic mass is 10.0. The Balaban J connectivity index is 0.00000300. The minimum absolute atomic E-state index is 0. The van der Waals surface area contributed by atoms with E-state index in [1.165, 1.54) is 6.07 Å². The predicted octanol–water partition coefficient (Wildman–Crippen LogP) is 1.46. The fourth-order valence-electron chi connectivity index (χ4n) is 3.19. The van der Waals surface area contributed by atoms with Crippen LogP contribution in [-0.2, 0) is 10.3 Å². The van der Waals surface area contributed by atoms with Gasteiger partial charge in [-0.1, -0.05) is 11.3 Å². The Bertz CT molecular complexity index is 901. The van der Waals surface area contributed by atoms with Crippen molar-refractivity contribution in [2.24, 2.45) is 0 Å². The van der Waals surface area contributed by atoms with Gasteiger partial charge < -0.3 is 16.0 Å². The maximum Gasteiger partial charge on any atom is 0.252 e. The first kappa shape index (κ1) is 22.8. The largest absolute Gasteiger partial charge is 0.358 e. The lowest BCUT2D eigenvalue weighted by molar-refractivity contribution is -0.122. The van der Waals surface area contributed by atoms with Gasteiger partial charge in [-0.25, -0.2) is 9.07 Å². The van der Waals surface area contributed by atoms with Crippen LogP contribution in [0.1, 0.15) is 47.9 Å². The number of halogens is 2. The average Bonchev–Trinajstić information content (AvgIpc) is 3.32. The van der Waals surface area contributed by atoms with Crippen LogP contribution in [0.3, 0.4) is 0 Å². The minimum atomic E-state index is -0.803. The van der Waals surface area contributed by atoms with Crippen LogP contribution in [0.25, 0.3) is 0 Å². The van der Waals surface area contributed by atoms with E-state index in [-0.39, 0.29) is 41.9 Å². The van der Waals surface area contributed by atoms with Crippen LogP contribution in [0.4, 0.5) is 4.39 Å². The summed E-state index contributed by atoms with van der Waals surface area (Å²) < 4.78 is 15.5. The SMILES string of the molecule is CNC(=O)[C@@H]1C[C@H](n2cc(C(C)(C)NC(=O)c3ccc(C)c(F)c3)nn2)CN1.Cl. The normalized spacial score (nSPS) is 18.8. The number of amides is 2. The third-order valence-electron chi connectivity index (χ3n) is 5.06. The first-order valence-corrected chi connectivity index (χ1v) is 9.17. The van der Waals surface area contributed by atoms with Crippen molar-refractivity contribution in [1.82, 2.24) is 30.9 Å². The number of aromatic nitrogens is 3. The molecular weight excluding hydrogens is 399 g/mol. The number of rotatable bonds is 5. The van der Waals surface area contributed by atoms with Crippen molar-refractivity contribution in [1.29, 1.82) is 0 Å². The van der Waals surface area contributed by atoms with Gasteiger partial charge in [0, 0.05) is 19.2 Å². The van der Waals surface area contributed by atoms with E-state index in [0.29, 0.717) is 24.2 Å². The maximum absolute atomic E-state index is 13.7. The van der Waals surface area contributed by atoms with Crippen molar-refractivity contribution < 1.29 is 14.0 Å². The number of carbonyl (C=O) groups is 2. The Morgan fingerprint density at radius 3 is 2.72 bits per heavy atom. The molecule has 3 N–H and O–H groups in total. The van der Waals surface area contributed by atoms with Crippen LogP contribution in [0, 0.1) is 12.7 Å². The molecule has 2 amide bonds. The molecule has 3 rings (SSSR count). The number of hydrogen-bond acceptors (Lipinski definition) is 5. The second-order valence-electron chi connectivity index (χ2n) is 7.59. The van der Waals surface area contributed by atoms with Crippen molar-refractivity contribution >= 4 is 24.2 Å². The minimum Gasteiger partial charge on any atom is -0.358 e. The van der Waals surface area contributed by atoms with Crippen molar-refractivity contribution in [3.8, 4) is 0 Å². The predicted molar refractivity (Wildman–Crippen MR) is 108 cm³/mol.